The Balaban J connectivity index is 2.73. The molecule has 0 amide bonds. The second-order valence-corrected chi connectivity index (χ2v) is 4.47. The van der Waals surface area contributed by atoms with E-state index in [4.69, 9.17) is 0 Å². The Hall–Kier alpha value is -1.72. The normalized spacial score (nSPS) is 17.9. The lowest BCUT2D eigenvalue weighted by atomic mass is 9.78. The summed E-state index contributed by atoms with van der Waals surface area (Å²) in [5.74, 6) is -6.84. The fourth-order valence-corrected chi connectivity index (χ4v) is 2.56. The third-order valence-electron chi connectivity index (χ3n) is 3.48. The molecule has 0 atom stereocenters. The van der Waals surface area contributed by atoms with Crippen LogP contribution in [0.1, 0.15) is 31.2 Å². The zero-order valence-corrected chi connectivity index (χ0v) is 9.34. The molecule has 1 saturated carbocycles. The Kier molecular flexibility index (Phi) is 2.96. The van der Waals surface area contributed by atoms with E-state index in [0.29, 0.717) is 18.9 Å². The van der Waals surface area contributed by atoms with E-state index in [1.165, 1.54) is 0 Å². The highest BCUT2D eigenvalue weighted by atomic mass is 19.2. The lowest BCUT2D eigenvalue weighted by Crippen LogP contribution is -2.35. The van der Waals surface area contributed by atoms with Gasteiger partial charge in [0.05, 0.1) is 5.41 Å². The van der Waals surface area contributed by atoms with Gasteiger partial charge < -0.3 is 10.2 Å². The molecule has 2 rings (SSSR count). The summed E-state index contributed by atoms with van der Waals surface area (Å²) < 4.78 is 40.7. The van der Waals surface area contributed by atoms with Gasteiger partial charge in [-0.15, -0.1) is 0 Å². The summed E-state index contributed by atoms with van der Waals surface area (Å²) in [6.07, 6.45) is 1.03. The van der Waals surface area contributed by atoms with Crippen molar-refractivity contribution in [2.75, 3.05) is 0 Å². The molecule has 1 aromatic carbocycles. The summed E-state index contributed by atoms with van der Waals surface area (Å²) in [6.45, 7) is 0. The lowest BCUT2D eigenvalue weighted by Gasteiger charge is -2.25. The summed E-state index contributed by atoms with van der Waals surface area (Å²) in [4.78, 5) is 11.3. The number of phenolic OH excluding ortho intramolecular Hbond substituents is 1. The maximum Gasteiger partial charge on any atom is 0.314 e. The summed E-state index contributed by atoms with van der Waals surface area (Å²) in [5.41, 5.74) is -2.65. The fraction of sp³-hybridized carbons (Fsp3) is 0.417. The van der Waals surface area contributed by atoms with Gasteiger partial charge in [-0.05, 0) is 12.8 Å². The molecular weight excluding hydrogens is 249 g/mol. The molecule has 18 heavy (non-hydrogen) atoms. The second-order valence-electron chi connectivity index (χ2n) is 4.47. The Morgan fingerprint density at radius 3 is 2.22 bits per heavy atom. The van der Waals surface area contributed by atoms with E-state index in [0.717, 1.165) is 0 Å². The Bertz CT molecular complexity index is 482. The van der Waals surface area contributed by atoms with Crippen LogP contribution in [0.4, 0.5) is 13.2 Å². The molecule has 1 aliphatic carbocycles. The minimum absolute atomic E-state index is 0.0269. The van der Waals surface area contributed by atoms with E-state index in [1.54, 1.807) is 0 Å². The minimum Gasteiger partial charge on any atom is -0.505 e. The number of rotatable bonds is 2. The SMILES string of the molecule is O=C(O)C1(c2c(F)c(O)cc(F)c2F)CCCC1. The van der Waals surface area contributed by atoms with Gasteiger partial charge >= 0.3 is 5.97 Å². The number of carboxylic acids is 1. The number of carbonyl (C=O) groups is 1. The Morgan fingerprint density at radius 2 is 1.72 bits per heavy atom. The molecule has 0 radical (unpaired) electrons. The van der Waals surface area contributed by atoms with Crippen LogP contribution in [0, 0.1) is 17.5 Å². The summed E-state index contributed by atoms with van der Waals surface area (Å²) >= 11 is 0. The third kappa shape index (κ3) is 1.63. The third-order valence-corrected chi connectivity index (χ3v) is 3.48. The molecule has 1 fully saturated rings. The lowest BCUT2D eigenvalue weighted by molar-refractivity contribution is -0.143. The molecule has 2 N–H and O–H groups in total. The quantitative estimate of drug-likeness (QED) is 0.804. The van der Waals surface area contributed by atoms with Crippen LogP contribution in [0.5, 0.6) is 5.75 Å². The minimum atomic E-state index is -1.78. The first-order valence-corrected chi connectivity index (χ1v) is 5.50. The fourth-order valence-electron chi connectivity index (χ4n) is 2.56. The van der Waals surface area contributed by atoms with Gasteiger partial charge in [-0.2, -0.15) is 0 Å². The van der Waals surface area contributed by atoms with E-state index in [1.807, 2.05) is 0 Å². The largest absolute Gasteiger partial charge is 0.505 e. The molecule has 0 unspecified atom stereocenters. The molecule has 3 nitrogen and oxygen atoms in total. The van der Waals surface area contributed by atoms with Crippen LogP contribution in [0.25, 0.3) is 0 Å². The smallest absolute Gasteiger partial charge is 0.314 e. The van der Waals surface area contributed by atoms with Crippen molar-refractivity contribution in [3.63, 3.8) is 0 Å². The van der Waals surface area contributed by atoms with Crippen molar-refractivity contribution in [3.05, 3.63) is 29.1 Å². The van der Waals surface area contributed by atoms with Crippen LogP contribution in [-0.2, 0) is 10.2 Å². The first kappa shape index (κ1) is 12.7. The highest BCUT2D eigenvalue weighted by Gasteiger charge is 2.48. The summed E-state index contributed by atoms with van der Waals surface area (Å²) in [7, 11) is 0. The molecule has 0 heterocycles. The zero-order chi connectivity index (χ0) is 13.5. The van der Waals surface area contributed by atoms with Crippen molar-refractivity contribution in [1.82, 2.24) is 0 Å². The molecule has 6 heteroatoms. The van der Waals surface area contributed by atoms with Crippen molar-refractivity contribution >= 4 is 5.97 Å². The van der Waals surface area contributed by atoms with Crippen LogP contribution in [0.15, 0.2) is 6.07 Å². The van der Waals surface area contributed by atoms with Gasteiger partial charge in [0, 0.05) is 11.6 Å². The maximum atomic E-state index is 13.8. The summed E-state index contributed by atoms with van der Waals surface area (Å²) in [6, 6.07) is 0.304. The molecule has 0 aliphatic heterocycles. The monoisotopic (exact) mass is 260 g/mol. The summed E-state index contributed by atoms with van der Waals surface area (Å²) in [5, 5.41) is 18.4. The highest BCUT2D eigenvalue weighted by Crippen LogP contribution is 2.45. The predicted octanol–water partition coefficient (Wildman–Crippen LogP) is 2.71. The molecule has 0 bridgehead atoms. The number of hydrogen-bond acceptors (Lipinski definition) is 2. The van der Waals surface area contributed by atoms with Crippen LogP contribution < -0.4 is 0 Å². The van der Waals surface area contributed by atoms with Crippen molar-refractivity contribution in [1.29, 1.82) is 0 Å². The number of phenols is 1. The van der Waals surface area contributed by atoms with Crippen molar-refractivity contribution < 1.29 is 28.2 Å². The van der Waals surface area contributed by atoms with Gasteiger partial charge in [-0.25, -0.2) is 13.2 Å². The molecule has 98 valence electrons. The molecule has 0 saturated heterocycles. The van der Waals surface area contributed by atoms with E-state index >= 15 is 0 Å². The van der Waals surface area contributed by atoms with Gasteiger partial charge in [0.2, 0.25) is 0 Å². The van der Waals surface area contributed by atoms with E-state index < -0.39 is 40.1 Å². The topological polar surface area (TPSA) is 57.5 Å². The highest BCUT2D eigenvalue weighted by molar-refractivity contribution is 5.82. The molecule has 1 aliphatic rings. The number of aliphatic carboxylic acids is 1. The van der Waals surface area contributed by atoms with E-state index in [9.17, 15) is 28.2 Å². The predicted molar refractivity (Wildman–Crippen MR) is 55.8 cm³/mol. The van der Waals surface area contributed by atoms with Gasteiger partial charge in [-0.1, -0.05) is 12.8 Å². The molecule has 0 spiro atoms. The first-order valence-electron chi connectivity index (χ1n) is 5.50. The van der Waals surface area contributed by atoms with Crippen LogP contribution in [-0.4, -0.2) is 16.2 Å². The Labute approximate surface area is 101 Å². The zero-order valence-electron chi connectivity index (χ0n) is 9.34. The Morgan fingerprint density at radius 1 is 1.17 bits per heavy atom. The number of hydrogen-bond donors (Lipinski definition) is 2. The molecule has 1 aromatic rings. The van der Waals surface area contributed by atoms with Crippen molar-refractivity contribution in [2.45, 2.75) is 31.1 Å². The second kappa shape index (κ2) is 4.19. The van der Waals surface area contributed by atoms with Gasteiger partial charge in [0.15, 0.2) is 23.2 Å². The van der Waals surface area contributed by atoms with Crippen LogP contribution in [0.2, 0.25) is 0 Å². The van der Waals surface area contributed by atoms with Gasteiger partial charge in [0.1, 0.15) is 0 Å². The van der Waals surface area contributed by atoms with E-state index in [2.05, 4.69) is 0 Å². The van der Waals surface area contributed by atoms with Crippen LogP contribution >= 0.6 is 0 Å². The average Bonchev–Trinajstić information content (AvgIpc) is 2.77. The van der Waals surface area contributed by atoms with Crippen molar-refractivity contribution in [2.24, 2.45) is 0 Å². The van der Waals surface area contributed by atoms with Crippen molar-refractivity contribution in [3.8, 4) is 5.75 Å². The standard InChI is InChI=1S/C12H11F3O3/c13-6-5-7(16)10(15)8(9(6)14)12(11(17)18)3-1-2-4-12/h5,16H,1-4H2,(H,17,18). The van der Waals surface area contributed by atoms with Gasteiger partial charge in [0.25, 0.3) is 0 Å². The molecular formula is C12H11F3O3. The van der Waals surface area contributed by atoms with Gasteiger partial charge in [-0.3, -0.25) is 4.79 Å². The number of benzene rings is 1. The number of carboxylic acid groups (broad SMARTS) is 1. The average molecular weight is 260 g/mol. The first-order chi connectivity index (χ1) is 8.40. The van der Waals surface area contributed by atoms with E-state index in [-0.39, 0.29) is 12.8 Å². The number of halogens is 3. The number of aromatic hydroxyl groups is 1. The maximum absolute atomic E-state index is 13.8. The van der Waals surface area contributed by atoms with Crippen LogP contribution in [0.3, 0.4) is 0 Å². The molecule has 0 aromatic heterocycles.